The summed E-state index contributed by atoms with van der Waals surface area (Å²) >= 11 is 0. The molecule has 0 bridgehead atoms. The molecule has 2 aromatic rings. The van der Waals surface area contributed by atoms with E-state index in [1.165, 1.54) is 36.9 Å². The lowest BCUT2D eigenvalue weighted by Crippen LogP contribution is -2.41. The minimum Gasteiger partial charge on any atom is -0.354 e. The van der Waals surface area contributed by atoms with Gasteiger partial charge in [-0.05, 0) is 60.9 Å². The highest BCUT2D eigenvalue weighted by Gasteiger charge is 2.26. The second kappa shape index (κ2) is 8.95. The third-order valence-corrected chi connectivity index (χ3v) is 7.12. The third kappa shape index (κ3) is 4.59. The van der Waals surface area contributed by atoms with Gasteiger partial charge in [0.1, 0.15) is 12.0 Å². The van der Waals surface area contributed by atoms with Crippen molar-refractivity contribution in [3.63, 3.8) is 0 Å². The van der Waals surface area contributed by atoms with Crippen molar-refractivity contribution in [2.24, 2.45) is 0 Å². The predicted molar refractivity (Wildman–Crippen MR) is 120 cm³/mol. The van der Waals surface area contributed by atoms with E-state index in [2.05, 4.69) is 33.4 Å². The molecule has 1 atom stereocenters. The van der Waals surface area contributed by atoms with E-state index in [9.17, 15) is 9.18 Å². The van der Waals surface area contributed by atoms with Crippen LogP contribution in [0.15, 0.2) is 36.5 Å². The number of fused-ring (bicyclic) bond motifs is 1. The fraction of sp³-hybridized carbons (Fsp3) is 0.520. The average molecular weight is 423 g/mol. The van der Waals surface area contributed by atoms with Gasteiger partial charge in [0.15, 0.2) is 0 Å². The van der Waals surface area contributed by atoms with Crippen LogP contribution in [0, 0.1) is 0 Å². The summed E-state index contributed by atoms with van der Waals surface area (Å²) in [6, 6.07) is 11.0. The van der Waals surface area contributed by atoms with Gasteiger partial charge in [-0.25, -0.2) is 9.37 Å². The van der Waals surface area contributed by atoms with Crippen molar-refractivity contribution in [1.29, 1.82) is 0 Å². The molecule has 0 unspecified atom stereocenters. The number of alkyl halides is 1. The van der Waals surface area contributed by atoms with Crippen LogP contribution in [0.1, 0.15) is 52.7 Å². The first-order chi connectivity index (χ1) is 15.2. The van der Waals surface area contributed by atoms with Crippen LogP contribution in [0.25, 0.3) is 0 Å². The number of anilines is 1. The molecule has 3 aliphatic rings. The number of nitrogens with zero attached hydrogens (tertiary/aromatic N) is 3. The van der Waals surface area contributed by atoms with Gasteiger partial charge in [-0.15, -0.1) is 0 Å². The molecule has 3 heterocycles. The number of hydrogen-bond acceptors (Lipinski definition) is 4. The molecule has 1 aromatic heterocycles. The summed E-state index contributed by atoms with van der Waals surface area (Å²) in [5.74, 6) is 0.605. The lowest BCUT2D eigenvalue weighted by atomic mass is 9.91. The molecule has 5 rings (SSSR count). The molecule has 1 saturated heterocycles. The summed E-state index contributed by atoms with van der Waals surface area (Å²) in [7, 11) is 0. The number of carbonyl (C=O) groups is 1. The maximum absolute atomic E-state index is 13.4. The Morgan fingerprint density at radius 2 is 1.90 bits per heavy atom. The fourth-order valence-corrected chi connectivity index (χ4v) is 4.94. The van der Waals surface area contributed by atoms with Crippen molar-refractivity contribution in [2.75, 3.05) is 31.1 Å². The van der Waals surface area contributed by atoms with E-state index in [0.29, 0.717) is 31.6 Å². The molecule has 0 radical (unpaired) electrons. The number of halogens is 1. The molecule has 31 heavy (non-hydrogen) atoms. The van der Waals surface area contributed by atoms with Gasteiger partial charge in [-0.1, -0.05) is 24.6 Å². The van der Waals surface area contributed by atoms with Crippen molar-refractivity contribution < 1.29 is 9.18 Å². The standard InChI is InChI=1S/C25H31FN4O/c26-22-10-13-30(17-22)24-7-6-21(16-27-24)25(31)28-15-18-4-5-19-8-11-29(23-2-1-3-23)12-9-20(19)14-18/h4-7,14,16,22-23H,1-3,8-13,15,17H2,(H,28,31)/t22-/m1/s1. The molecule has 164 valence electrons. The van der Waals surface area contributed by atoms with Crippen molar-refractivity contribution in [1.82, 2.24) is 15.2 Å². The van der Waals surface area contributed by atoms with Crippen LogP contribution in [0.3, 0.4) is 0 Å². The number of rotatable bonds is 5. The van der Waals surface area contributed by atoms with Crippen LogP contribution in [0.2, 0.25) is 0 Å². The number of carbonyl (C=O) groups excluding carboxylic acids is 1. The lowest BCUT2D eigenvalue weighted by molar-refractivity contribution is 0.0950. The zero-order valence-corrected chi connectivity index (χ0v) is 18.0. The van der Waals surface area contributed by atoms with Gasteiger partial charge in [-0.3, -0.25) is 9.69 Å². The highest BCUT2D eigenvalue weighted by Crippen LogP contribution is 2.27. The Labute approximate surface area is 183 Å². The first-order valence-corrected chi connectivity index (χ1v) is 11.6. The summed E-state index contributed by atoms with van der Waals surface area (Å²) < 4.78 is 13.4. The average Bonchev–Trinajstić information content (AvgIpc) is 3.09. The maximum Gasteiger partial charge on any atom is 0.253 e. The number of pyridine rings is 1. The summed E-state index contributed by atoms with van der Waals surface area (Å²) in [6.07, 6.45) is 7.66. The fourth-order valence-electron chi connectivity index (χ4n) is 4.94. The van der Waals surface area contributed by atoms with E-state index in [1.54, 1.807) is 12.3 Å². The van der Waals surface area contributed by atoms with Crippen LogP contribution in [0.5, 0.6) is 0 Å². The quantitative estimate of drug-likeness (QED) is 0.801. The van der Waals surface area contributed by atoms with E-state index >= 15 is 0 Å². The molecule has 1 saturated carbocycles. The lowest BCUT2D eigenvalue weighted by Gasteiger charge is -2.36. The SMILES string of the molecule is O=C(NCc1ccc2c(c1)CCN(C1CCC1)CC2)c1ccc(N2CC[C@@H](F)C2)nc1. The molecular weight excluding hydrogens is 391 g/mol. The molecule has 1 N–H and O–H groups in total. The molecule has 1 aliphatic carbocycles. The maximum atomic E-state index is 13.4. The van der Waals surface area contributed by atoms with Crippen LogP contribution in [-0.4, -0.2) is 54.2 Å². The predicted octanol–water partition coefficient (Wildman–Crippen LogP) is 3.51. The Balaban J connectivity index is 1.17. The van der Waals surface area contributed by atoms with Gasteiger partial charge in [0.2, 0.25) is 0 Å². The summed E-state index contributed by atoms with van der Waals surface area (Å²) in [6.45, 7) is 3.88. The number of nitrogens with one attached hydrogen (secondary N) is 1. The zero-order valence-electron chi connectivity index (χ0n) is 18.0. The summed E-state index contributed by atoms with van der Waals surface area (Å²) in [4.78, 5) is 21.5. The molecule has 2 aliphatic heterocycles. The largest absolute Gasteiger partial charge is 0.354 e. The Bertz CT molecular complexity index is 928. The Hall–Kier alpha value is -2.47. The van der Waals surface area contributed by atoms with Gasteiger partial charge in [0, 0.05) is 38.4 Å². The van der Waals surface area contributed by atoms with E-state index in [0.717, 1.165) is 36.8 Å². The third-order valence-electron chi connectivity index (χ3n) is 7.12. The van der Waals surface area contributed by atoms with Crippen molar-refractivity contribution >= 4 is 11.7 Å². The Morgan fingerprint density at radius 1 is 1.06 bits per heavy atom. The van der Waals surface area contributed by atoms with E-state index in [4.69, 9.17) is 0 Å². The van der Waals surface area contributed by atoms with Gasteiger partial charge in [0.25, 0.3) is 5.91 Å². The molecule has 5 nitrogen and oxygen atoms in total. The highest BCUT2D eigenvalue weighted by atomic mass is 19.1. The van der Waals surface area contributed by atoms with Crippen molar-refractivity contribution in [3.05, 3.63) is 58.8 Å². The molecule has 1 aromatic carbocycles. The van der Waals surface area contributed by atoms with E-state index in [1.807, 2.05) is 11.0 Å². The zero-order chi connectivity index (χ0) is 21.2. The number of benzene rings is 1. The van der Waals surface area contributed by atoms with Gasteiger partial charge in [-0.2, -0.15) is 0 Å². The van der Waals surface area contributed by atoms with E-state index in [-0.39, 0.29) is 5.91 Å². The molecule has 2 fully saturated rings. The summed E-state index contributed by atoms with van der Waals surface area (Å²) in [5.41, 5.74) is 4.55. The number of hydrogen-bond donors (Lipinski definition) is 1. The Morgan fingerprint density at radius 3 is 2.58 bits per heavy atom. The molecule has 1 amide bonds. The number of amides is 1. The minimum atomic E-state index is -0.785. The molecular formula is C25H31FN4O. The topological polar surface area (TPSA) is 48.5 Å². The highest BCUT2D eigenvalue weighted by molar-refractivity contribution is 5.94. The van der Waals surface area contributed by atoms with Crippen LogP contribution in [0.4, 0.5) is 10.2 Å². The second-order valence-corrected chi connectivity index (χ2v) is 9.14. The minimum absolute atomic E-state index is 0.130. The van der Waals surface area contributed by atoms with Gasteiger partial charge < -0.3 is 10.2 Å². The van der Waals surface area contributed by atoms with Crippen molar-refractivity contribution in [2.45, 2.75) is 57.3 Å². The number of aromatic nitrogens is 1. The van der Waals surface area contributed by atoms with Gasteiger partial charge in [0.05, 0.1) is 12.1 Å². The van der Waals surface area contributed by atoms with E-state index < -0.39 is 6.17 Å². The Kier molecular flexibility index (Phi) is 5.90. The van der Waals surface area contributed by atoms with Crippen LogP contribution in [-0.2, 0) is 19.4 Å². The summed E-state index contributed by atoms with van der Waals surface area (Å²) in [5, 5.41) is 3.02. The monoisotopic (exact) mass is 422 g/mol. The van der Waals surface area contributed by atoms with Crippen LogP contribution < -0.4 is 10.2 Å². The van der Waals surface area contributed by atoms with Crippen LogP contribution >= 0.6 is 0 Å². The normalized spacial score (nSPS) is 22.0. The first-order valence-electron chi connectivity index (χ1n) is 11.6. The first kappa shape index (κ1) is 20.4. The van der Waals surface area contributed by atoms with Crippen molar-refractivity contribution in [3.8, 4) is 0 Å². The smallest absolute Gasteiger partial charge is 0.253 e. The molecule has 0 spiro atoms. The molecule has 6 heteroatoms. The van der Waals surface area contributed by atoms with Gasteiger partial charge >= 0.3 is 0 Å². The second-order valence-electron chi connectivity index (χ2n) is 9.14.